The van der Waals surface area contributed by atoms with Crippen LogP contribution in [-0.2, 0) is 4.84 Å². The lowest BCUT2D eigenvalue weighted by Crippen LogP contribution is -2.11. The van der Waals surface area contributed by atoms with Crippen LogP contribution in [0.15, 0.2) is 5.16 Å². The van der Waals surface area contributed by atoms with Crippen molar-refractivity contribution < 1.29 is 4.84 Å². The molecule has 1 aliphatic carbocycles. The van der Waals surface area contributed by atoms with E-state index in [4.69, 9.17) is 4.84 Å². The van der Waals surface area contributed by atoms with E-state index in [-0.39, 0.29) is 0 Å². The maximum Gasteiger partial charge on any atom is 0.116 e. The zero-order valence-corrected chi connectivity index (χ0v) is 6.55. The average molecular weight is 141 g/mol. The van der Waals surface area contributed by atoms with Gasteiger partial charge in [-0.15, -0.1) is 0 Å². The lowest BCUT2D eigenvalue weighted by Gasteiger charge is -2.19. The molecular weight excluding hydrogens is 126 g/mol. The average Bonchev–Trinajstić information content (AvgIpc) is 1.84. The van der Waals surface area contributed by atoms with E-state index in [0.29, 0.717) is 0 Å². The molecule has 0 aliphatic heterocycles. The lowest BCUT2D eigenvalue weighted by atomic mass is 9.87. The Morgan fingerprint density at radius 2 is 2.40 bits per heavy atom. The van der Waals surface area contributed by atoms with Gasteiger partial charge in [0, 0.05) is 6.21 Å². The van der Waals surface area contributed by atoms with Crippen molar-refractivity contribution in [2.45, 2.75) is 32.6 Å². The van der Waals surface area contributed by atoms with Gasteiger partial charge in [0.15, 0.2) is 0 Å². The van der Waals surface area contributed by atoms with Gasteiger partial charge in [0.05, 0.1) is 0 Å². The van der Waals surface area contributed by atoms with Gasteiger partial charge >= 0.3 is 0 Å². The molecular formula is C8H15NO. The Labute approximate surface area is 62.3 Å². The van der Waals surface area contributed by atoms with Crippen LogP contribution in [0.5, 0.6) is 0 Å². The van der Waals surface area contributed by atoms with Crippen molar-refractivity contribution in [1.29, 1.82) is 0 Å². The van der Waals surface area contributed by atoms with Crippen molar-refractivity contribution in [3.8, 4) is 0 Å². The molecule has 0 amide bonds. The van der Waals surface area contributed by atoms with Gasteiger partial charge in [0.2, 0.25) is 0 Å². The molecule has 0 unspecified atom stereocenters. The summed E-state index contributed by atoms with van der Waals surface area (Å²) in [6.45, 7) is 2.84. The van der Waals surface area contributed by atoms with Crippen LogP contribution in [0.2, 0.25) is 0 Å². The molecule has 1 aliphatic rings. The normalized spacial score (nSPS) is 19.3. The topological polar surface area (TPSA) is 21.6 Å². The van der Waals surface area contributed by atoms with Crippen LogP contribution in [0.25, 0.3) is 0 Å². The minimum absolute atomic E-state index is 0.719. The summed E-state index contributed by atoms with van der Waals surface area (Å²) in [6.07, 6.45) is 6.96. The summed E-state index contributed by atoms with van der Waals surface area (Å²) in [5, 5.41) is 3.86. The molecule has 58 valence electrons. The Hall–Kier alpha value is -0.530. The van der Waals surface area contributed by atoms with Crippen molar-refractivity contribution in [3.05, 3.63) is 0 Å². The largest absolute Gasteiger partial charge is 0.396 e. The molecule has 0 saturated heterocycles. The van der Waals surface area contributed by atoms with Crippen LogP contribution in [0.4, 0.5) is 0 Å². The van der Waals surface area contributed by atoms with Crippen molar-refractivity contribution in [2.75, 3.05) is 6.61 Å². The molecule has 0 N–H and O–H groups in total. The molecule has 0 heterocycles. The quantitative estimate of drug-likeness (QED) is 0.334. The lowest BCUT2D eigenvalue weighted by molar-refractivity contribution is 0.144. The minimum Gasteiger partial charge on any atom is -0.396 e. The summed E-state index contributed by atoms with van der Waals surface area (Å²) < 4.78 is 0. The summed E-state index contributed by atoms with van der Waals surface area (Å²) in [5.41, 5.74) is 0. The fourth-order valence-electron chi connectivity index (χ4n) is 0.862. The summed E-state index contributed by atoms with van der Waals surface area (Å²) in [7, 11) is 0. The third-order valence-electron chi connectivity index (χ3n) is 1.79. The first kappa shape index (κ1) is 7.58. The number of hydrogen-bond donors (Lipinski definition) is 0. The molecule has 1 rings (SSSR count). The monoisotopic (exact) mass is 141 g/mol. The van der Waals surface area contributed by atoms with Crippen LogP contribution in [0.3, 0.4) is 0 Å². The molecule has 0 aromatic rings. The molecule has 2 nitrogen and oxygen atoms in total. The van der Waals surface area contributed by atoms with E-state index in [2.05, 4.69) is 12.1 Å². The Balaban J connectivity index is 1.94. The summed E-state index contributed by atoms with van der Waals surface area (Å²) >= 11 is 0. The first-order valence-corrected chi connectivity index (χ1v) is 4.09. The highest BCUT2D eigenvalue weighted by molar-refractivity contribution is 5.60. The Bertz CT molecular complexity index is 108. The number of oxime groups is 1. The fraction of sp³-hybridized carbons (Fsp3) is 0.875. The molecule has 0 aromatic heterocycles. The fourth-order valence-corrected chi connectivity index (χ4v) is 0.862. The van der Waals surface area contributed by atoms with Crippen LogP contribution < -0.4 is 0 Å². The van der Waals surface area contributed by atoms with Crippen LogP contribution >= 0.6 is 0 Å². The molecule has 1 fully saturated rings. The SMILES string of the molecule is CCCON=CC1CCC1. The number of hydrogen-bond acceptors (Lipinski definition) is 2. The van der Waals surface area contributed by atoms with Crippen LogP contribution in [-0.4, -0.2) is 12.8 Å². The Morgan fingerprint density at radius 1 is 1.60 bits per heavy atom. The molecule has 0 bridgehead atoms. The second kappa shape index (κ2) is 4.31. The summed E-state index contributed by atoms with van der Waals surface area (Å²) in [4.78, 5) is 4.96. The second-order valence-corrected chi connectivity index (χ2v) is 2.78. The summed E-state index contributed by atoms with van der Waals surface area (Å²) in [6, 6.07) is 0. The highest BCUT2D eigenvalue weighted by Gasteiger charge is 2.14. The first-order chi connectivity index (χ1) is 4.93. The molecule has 0 spiro atoms. The first-order valence-electron chi connectivity index (χ1n) is 4.09. The van der Waals surface area contributed by atoms with Gasteiger partial charge in [-0.05, 0) is 25.2 Å². The zero-order valence-electron chi connectivity index (χ0n) is 6.55. The van der Waals surface area contributed by atoms with Crippen molar-refractivity contribution in [1.82, 2.24) is 0 Å². The van der Waals surface area contributed by atoms with Gasteiger partial charge in [-0.25, -0.2) is 0 Å². The maximum absolute atomic E-state index is 4.96. The maximum atomic E-state index is 4.96. The highest BCUT2D eigenvalue weighted by Crippen LogP contribution is 2.23. The predicted octanol–water partition coefficient (Wildman–Crippen LogP) is 2.20. The van der Waals surface area contributed by atoms with E-state index in [1.807, 2.05) is 6.21 Å². The van der Waals surface area contributed by atoms with E-state index in [1.165, 1.54) is 19.3 Å². The Kier molecular flexibility index (Phi) is 3.27. The van der Waals surface area contributed by atoms with Gasteiger partial charge in [-0.3, -0.25) is 0 Å². The van der Waals surface area contributed by atoms with E-state index in [0.717, 1.165) is 18.9 Å². The smallest absolute Gasteiger partial charge is 0.116 e. The van der Waals surface area contributed by atoms with Crippen LogP contribution in [0.1, 0.15) is 32.6 Å². The van der Waals surface area contributed by atoms with Crippen molar-refractivity contribution in [2.24, 2.45) is 11.1 Å². The Morgan fingerprint density at radius 3 is 2.90 bits per heavy atom. The van der Waals surface area contributed by atoms with Gasteiger partial charge in [0.1, 0.15) is 6.61 Å². The third kappa shape index (κ3) is 2.38. The van der Waals surface area contributed by atoms with Gasteiger partial charge in [0.25, 0.3) is 0 Å². The molecule has 10 heavy (non-hydrogen) atoms. The van der Waals surface area contributed by atoms with E-state index < -0.39 is 0 Å². The standard InChI is InChI=1S/C8H15NO/c1-2-6-10-9-7-8-4-3-5-8/h7-8H,2-6H2,1H3. The number of nitrogens with zero attached hydrogens (tertiary/aromatic N) is 1. The zero-order chi connectivity index (χ0) is 7.23. The van der Waals surface area contributed by atoms with Crippen molar-refractivity contribution in [3.63, 3.8) is 0 Å². The minimum atomic E-state index is 0.719. The molecule has 0 radical (unpaired) electrons. The molecule has 0 atom stereocenters. The van der Waals surface area contributed by atoms with Gasteiger partial charge < -0.3 is 4.84 Å². The molecule has 2 heteroatoms. The summed E-state index contributed by atoms with van der Waals surface area (Å²) in [5.74, 6) is 0.719. The van der Waals surface area contributed by atoms with Crippen LogP contribution in [0, 0.1) is 5.92 Å². The van der Waals surface area contributed by atoms with Crippen molar-refractivity contribution >= 4 is 6.21 Å². The van der Waals surface area contributed by atoms with E-state index in [1.54, 1.807) is 0 Å². The highest BCUT2D eigenvalue weighted by atomic mass is 16.6. The second-order valence-electron chi connectivity index (χ2n) is 2.78. The third-order valence-corrected chi connectivity index (χ3v) is 1.79. The molecule has 0 aromatic carbocycles. The predicted molar refractivity (Wildman–Crippen MR) is 42.1 cm³/mol. The molecule has 1 saturated carbocycles. The van der Waals surface area contributed by atoms with E-state index >= 15 is 0 Å². The van der Waals surface area contributed by atoms with Gasteiger partial charge in [-0.1, -0.05) is 18.5 Å². The van der Waals surface area contributed by atoms with E-state index in [9.17, 15) is 0 Å². The van der Waals surface area contributed by atoms with Gasteiger partial charge in [-0.2, -0.15) is 0 Å². The number of rotatable bonds is 4.